The topological polar surface area (TPSA) is 118 Å². The SMILES string of the molecule is N#CC1(C#N)CC=C2CO[C@H](c3ccco3)C[C@@H]2C1(C#N)C#N. The van der Waals surface area contributed by atoms with E-state index in [1.807, 2.05) is 24.3 Å². The maximum atomic E-state index is 9.73. The first-order valence-electron chi connectivity index (χ1n) is 7.15. The van der Waals surface area contributed by atoms with Crippen molar-refractivity contribution in [3.05, 3.63) is 35.8 Å². The Hall–Kier alpha value is -3.06. The standard InChI is InChI=1S/C17H12N4O2/c18-8-16(9-19)4-3-12-7-23-15(14-2-1-5-22-14)6-13(12)17(16,10-20)11-21/h1-3,5,13,15H,4,6-7H2/t13-,15-/m0/s1. The molecule has 0 bridgehead atoms. The van der Waals surface area contributed by atoms with Gasteiger partial charge in [-0.2, -0.15) is 21.0 Å². The fraction of sp³-hybridized carbons (Fsp3) is 0.412. The molecule has 6 nitrogen and oxygen atoms in total. The summed E-state index contributed by atoms with van der Waals surface area (Å²) >= 11 is 0. The summed E-state index contributed by atoms with van der Waals surface area (Å²) < 4.78 is 11.1. The quantitative estimate of drug-likeness (QED) is 0.736. The van der Waals surface area contributed by atoms with Crippen molar-refractivity contribution in [1.29, 1.82) is 21.0 Å². The van der Waals surface area contributed by atoms with E-state index in [-0.39, 0.29) is 13.0 Å². The van der Waals surface area contributed by atoms with E-state index in [1.165, 1.54) is 6.26 Å². The van der Waals surface area contributed by atoms with Gasteiger partial charge in [-0.15, -0.1) is 0 Å². The van der Waals surface area contributed by atoms with E-state index in [4.69, 9.17) is 9.15 Å². The molecule has 112 valence electrons. The lowest BCUT2D eigenvalue weighted by Gasteiger charge is -2.45. The molecule has 0 spiro atoms. The lowest BCUT2D eigenvalue weighted by atomic mass is 9.52. The van der Waals surface area contributed by atoms with Gasteiger partial charge in [-0.05, 0) is 24.1 Å². The summed E-state index contributed by atoms with van der Waals surface area (Å²) in [5, 5.41) is 38.5. The van der Waals surface area contributed by atoms with Gasteiger partial charge < -0.3 is 9.15 Å². The molecule has 1 aromatic heterocycles. The Balaban J connectivity index is 2.08. The zero-order valence-electron chi connectivity index (χ0n) is 12.2. The molecule has 0 amide bonds. The number of nitriles is 4. The van der Waals surface area contributed by atoms with Crippen molar-refractivity contribution in [3.8, 4) is 24.3 Å². The van der Waals surface area contributed by atoms with Gasteiger partial charge in [-0.3, -0.25) is 0 Å². The molecule has 1 saturated heterocycles. The highest BCUT2D eigenvalue weighted by Crippen LogP contribution is 2.56. The lowest BCUT2D eigenvalue weighted by molar-refractivity contribution is -0.0178. The van der Waals surface area contributed by atoms with Crippen LogP contribution in [0.25, 0.3) is 0 Å². The van der Waals surface area contributed by atoms with Crippen LogP contribution in [0.1, 0.15) is 24.7 Å². The van der Waals surface area contributed by atoms with E-state index in [0.29, 0.717) is 12.2 Å². The summed E-state index contributed by atoms with van der Waals surface area (Å²) in [7, 11) is 0. The number of allylic oxidation sites excluding steroid dienone is 1. The van der Waals surface area contributed by atoms with Crippen molar-refractivity contribution in [2.24, 2.45) is 16.7 Å². The van der Waals surface area contributed by atoms with Crippen molar-refractivity contribution >= 4 is 0 Å². The molecular formula is C17H12N4O2. The second-order valence-electron chi connectivity index (χ2n) is 5.75. The fourth-order valence-electron chi connectivity index (χ4n) is 3.47. The predicted octanol–water partition coefficient (Wildman–Crippen LogP) is 2.75. The minimum Gasteiger partial charge on any atom is -0.467 e. The Morgan fingerprint density at radius 3 is 2.39 bits per heavy atom. The monoisotopic (exact) mass is 304 g/mol. The normalized spacial score (nSPS) is 27.2. The summed E-state index contributed by atoms with van der Waals surface area (Å²) in [5.74, 6) is 0.0771. The third-order valence-electron chi connectivity index (χ3n) is 4.81. The molecule has 2 atom stereocenters. The Morgan fingerprint density at radius 2 is 1.83 bits per heavy atom. The van der Waals surface area contributed by atoms with Crippen LogP contribution in [0.3, 0.4) is 0 Å². The van der Waals surface area contributed by atoms with Gasteiger partial charge in [0.15, 0.2) is 10.8 Å². The second kappa shape index (κ2) is 5.29. The number of rotatable bonds is 1. The van der Waals surface area contributed by atoms with Crippen LogP contribution in [0.15, 0.2) is 34.5 Å². The molecule has 1 fully saturated rings. The van der Waals surface area contributed by atoms with Crippen LogP contribution in [-0.2, 0) is 4.74 Å². The molecule has 1 aromatic rings. The first-order chi connectivity index (χ1) is 11.2. The van der Waals surface area contributed by atoms with Gasteiger partial charge >= 0.3 is 0 Å². The van der Waals surface area contributed by atoms with Gasteiger partial charge in [0.1, 0.15) is 11.9 Å². The van der Waals surface area contributed by atoms with Crippen LogP contribution in [-0.4, -0.2) is 6.61 Å². The maximum Gasteiger partial charge on any atom is 0.182 e. The number of hydrogen-bond donors (Lipinski definition) is 0. The van der Waals surface area contributed by atoms with E-state index < -0.39 is 22.9 Å². The van der Waals surface area contributed by atoms with E-state index in [9.17, 15) is 21.0 Å². The van der Waals surface area contributed by atoms with E-state index in [1.54, 1.807) is 18.2 Å². The van der Waals surface area contributed by atoms with Crippen LogP contribution in [0.2, 0.25) is 0 Å². The summed E-state index contributed by atoms with van der Waals surface area (Å²) in [6, 6.07) is 11.3. The molecule has 3 rings (SSSR count). The zero-order chi connectivity index (χ0) is 16.5. The third-order valence-corrected chi connectivity index (χ3v) is 4.81. The zero-order valence-corrected chi connectivity index (χ0v) is 12.2. The lowest BCUT2D eigenvalue weighted by Crippen LogP contribution is -2.49. The molecule has 6 heteroatoms. The molecule has 0 radical (unpaired) electrons. The highest BCUT2D eigenvalue weighted by Gasteiger charge is 2.62. The summed E-state index contributed by atoms with van der Waals surface area (Å²) in [6.45, 7) is 0.258. The number of furan rings is 1. The number of fused-ring (bicyclic) bond motifs is 1. The largest absolute Gasteiger partial charge is 0.467 e. The molecule has 0 aromatic carbocycles. The summed E-state index contributed by atoms with van der Waals surface area (Å²) in [5.41, 5.74) is -2.58. The van der Waals surface area contributed by atoms with E-state index in [0.717, 1.165) is 5.57 Å². The molecule has 1 aliphatic carbocycles. The summed E-state index contributed by atoms with van der Waals surface area (Å²) in [4.78, 5) is 0. The number of hydrogen-bond acceptors (Lipinski definition) is 6. The highest BCUT2D eigenvalue weighted by atomic mass is 16.5. The Kier molecular flexibility index (Phi) is 3.42. The fourth-order valence-corrected chi connectivity index (χ4v) is 3.47. The van der Waals surface area contributed by atoms with Crippen molar-refractivity contribution in [1.82, 2.24) is 0 Å². The van der Waals surface area contributed by atoms with Crippen LogP contribution in [0.5, 0.6) is 0 Å². The molecule has 1 aliphatic heterocycles. The van der Waals surface area contributed by atoms with Crippen molar-refractivity contribution in [3.63, 3.8) is 0 Å². The van der Waals surface area contributed by atoms with Crippen molar-refractivity contribution in [2.45, 2.75) is 18.9 Å². The van der Waals surface area contributed by atoms with Gasteiger partial charge in [-0.1, -0.05) is 6.08 Å². The predicted molar refractivity (Wildman–Crippen MR) is 75.5 cm³/mol. The molecule has 0 unspecified atom stereocenters. The van der Waals surface area contributed by atoms with Crippen LogP contribution < -0.4 is 0 Å². The highest BCUT2D eigenvalue weighted by molar-refractivity contribution is 5.43. The Bertz CT molecular complexity index is 783. The van der Waals surface area contributed by atoms with Gasteiger partial charge in [-0.25, -0.2) is 0 Å². The van der Waals surface area contributed by atoms with Crippen LogP contribution >= 0.6 is 0 Å². The van der Waals surface area contributed by atoms with Gasteiger partial charge in [0, 0.05) is 12.3 Å². The number of ether oxygens (including phenoxy) is 1. The average Bonchev–Trinajstić information content (AvgIpc) is 3.15. The second-order valence-corrected chi connectivity index (χ2v) is 5.75. The van der Waals surface area contributed by atoms with E-state index >= 15 is 0 Å². The van der Waals surface area contributed by atoms with Crippen molar-refractivity contribution in [2.75, 3.05) is 6.61 Å². The Morgan fingerprint density at radius 1 is 1.09 bits per heavy atom. The minimum atomic E-state index is -1.71. The third kappa shape index (κ3) is 1.87. The molecule has 0 saturated carbocycles. The Labute approximate surface area is 133 Å². The smallest absolute Gasteiger partial charge is 0.182 e. The molecular weight excluding hydrogens is 292 g/mol. The first kappa shape index (κ1) is 14.9. The number of nitrogens with zero attached hydrogens (tertiary/aromatic N) is 4. The first-order valence-corrected chi connectivity index (χ1v) is 7.15. The minimum absolute atomic E-state index is 0.0573. The molecule has 2 heterocycles. The molecule has 23 heavy (non-hydrogen) atoms. The maximum absolute atomic E-state index is 9.73. The van der Waals surface area contributed by atoms with Crippen molar-refractivity contribution < 1.29 is 9.15 Å². The average molecular weight is 304 g/mol. The van der Waals surface area contributed by atoms with Gasteiger partial charge in [0.2, 0.25) is 0 Å². The molecule has 0 N–H and O–H groups in total. The summed E-state index contributed by atoms with van der Waals surface area (Å²) in [6.07, 6.45) is 3.28. The van der Waals surface area contributed by atoms with E-state index in [2.05, 4.69) is 0 Å². The van der Waals surface area contributed by atoms with Crippen LogP contribution in [0.4, 0.5) is 0 Å². The molecule has 2 aliphatic rings. The van der Waals surface area contributed by atoms with Gasteiger partial charge in [0.05, 0.1) is 37.1 Å². The van der Waals surface area contributed by atoms with Crippen LogP contribution in [0, 0.1) is 62.1 Å². The van der Waals surface area contributed by atoms with Gasteiger partial charge in [0.25, 0.3) is 0 Å².